The third-order valence-corrected chi connectivity index (χ3v) is 4.49. The number of hydrogen-bond donors (Lipinski definition) is 2. The van der Waals surface area contributed by atoms with E-state index in [0.717, 1.165) is 47.9 Å². The molecule has 5 heteroatoms. The molecule has 0 saturated carbocycles. The molecular formula is C16H19N3OS. The van der Waals surface area contributed by atoms with Crippen LogP contribution in [-0.4, -0.2) is 24.0 Å². The molecule has 1 atom stereocenters. The summed E-state index contributed by atoms with van der Waals surface area (Å²) >= 11 is 1.63. The van der Waals surface area contributed by atoms with Crippen molar-refractivity contribution in [1.82, 2.24) is 10.3 Å². The third-order valence-electron chi connectivity index (χ3n) is 3.71. The largest absolute Gasteiger partial charge is 0.326 e. The van der Waals surface area contributed by atoms with Gasteiger partial charge in [-0.05, 0) is 38.4 Å². The summed E-state index contributed by atoms with van der Waals surface area (Å²) in [7, 11) is 0. The number of thiazole rings is 1. The van der Waals surface area contributed by atoms with E-state index >= 15 is 0 Å². The van der Waals surface area contributed by atoms with Crippen molar-refractivity contribution in [2.24, 2.45) is 5.92 Å². The van der Waals surface area contributed by atoms with Crippen LogP contribution in [-0.2, 0) is 4.79 Å². The van der Waals surface area contributed by atoms with Gasteiger partial charge in [-0.15, -0.1) is 11.3 Å². The Morgan fingerprint density at radius 3 is 3.10 bits per heavy atom. The third kappa shape index (κ3) is 3.49. The first-order valence-corrected chi connectivity index (χ1v) is 8.14. The number of aryl methyl sites for hydroxylation is 1. The second-order valence-corrected chi connectivity index (χ2v) is 6.43. The standard InChI is InChI=1S/C16H19N3OS/c1-11-18-15(10-21-11)12-4-2-6-14(8-12)19-16(20)13-5-3-7-17-9-13/h2,4,6,8,10,13,17H,3,5,7,9H2,1H3,(H,19,20)/t13-/m1/s1. The van der Waals surface area contributed by atoms with Crippen LogP contribution >= 0.6 is 11.3 Å². The molecule has 0 spiro atoms. The van der Waals surface area contributed by atoms with Crippen LogP contribution in [0.2, 0.25) is 0 Å². The van der Waals surface area contributed by atoms with Gasteiger partial charge in [-0.3, -0.25) is 4.79 Å². The lowest BCUT2D eigenvalue weighted by Crippen LogP contribution is -2.37. The second kappa shape index (κ2) is 6.37. The Balaban J connectivity index is 1.72. The zero-order chi connectivity index (χ0) is 14.7. The Bertz CT molecular complexity index is 632. The fourth-order valence-electron chi connectivity index (χ4n) is 2.57. The summed E-state index contributed by atoms with van der Waals surface area (Å²) < 4.78 is 0. The lowest BCUT2D eigenvalue weighted by molar-refractivity contribution is -0.120. The number of anilines is 1. The Kier molecular flexibility index (Phi) is 4.31. The number of hydrogen-bond acceptors (Lipinski definition) is 4. The number of rotatable bonds is 3. The van der Waals surface area contributed by atoms with E-state index in [1.54, 1.807) is 11.3 Å². The highest BCUT2D eigenvalue weighted by atomic mass is 32.1. The van der Waals surface area contributed by atoms with E-state index < -0.39 is 0 Å². The predicted octanol–water partition coefficient (Wildman–Crippen LogP) is 3.06. The summed E-state index contributed by atoms with van der Waals surface area (Å²) in [5.41, 5.74) is 2.85. The highest BCUT2D eigenvalue weighted by Gasteiger charge is 2.20. The number of nitrogens with one attached hydrogen (secondary N) is 2. The smallest absolute Gasteiger partial charge is 0.228 e. The summed E-state index contributed by atoms with van der Waals surface area (Å²) in [6.45, 7) is 3.79. The number of piperidine rings is 1. The topological polar surface area (TPSA) is 54.0 Å². The van der Waals surface area contributed by atoms with Crippen LogP contribution in [0, 0.1) is 12.8 Å². The lowest BCUT2D eigenvalue weighted by Gasteiger charge is -2.22. The van der Waals surface area contributed by atoms with Gasteiger partial charge in [0.2, 0.25) is 5.91 Å². The Morgan fingerprint density at radius 2 is 2.38 bits per heavy atom. The fraction of sp³-hybridized carbons (Fsp3) is 0.375. The van der Waals surface area contributed by atoms with E-state index in [4.69, 9.17) is 0 Å². The van der Waals surface area contributed by atoms with E-state index in [1.807, 2.05) is 36.6 Å². The molecule has 1 amide bonds. The van der Waals surface area contributed by atoms with Gasteiger partial charge in [0, 0.05) is 23.2 Å². The van der Waals surface area contributed by atoms with Gasteiger partial charge < -0.3 is 10.6 Å². The average Bonchev–Trinajstić information content (AvgIpc) is 2.95. The van der Waals surface area contributed by atoms with Crippen LogP contribution in [0.15, 0.2) is 29.6 Å². The molecule has 21 heavy (non-hydrogen) atoms. The Labute approximate surface area is 128 Å². The molecule has 0 bridgehead atoms. The maximum Gasteiger partial charge on any atom is 0.228 e. The van der Waals surface area contributed by atoms with Crippen molar-refractivity contribution in [3.63, 3.8) is 0 Å². The minimum Gasteiger partial charge on any atom is -0.326 e. The van der Waals surface area contributed by atoms with Crippen LogP contribution in [0.3, 0.4) is 0 Å². The van der Waals surface area contributed by atoms with Crippen LogP contribution in [0.1, 0.15) is 17.8 Å². The van der Waals surface area contributed by atoms with Crippen molar-refractivity contribution < 1.29 is 4.79 Å². The van der Waals surface area contributed by atoms with Gasteiger partial charge in [0.25, 0.3) is 0 Å². The first-order chi connectivity index (χ1) is 10.2. The Morgan fingerprint density at radius 1 is 1.48 bits per heavy atom. The molecule has 0 radical (unpaired) electrons. The molecule has 1 aromatic heterocycles. The van der Waals surface area contributed by atoms with Crippen molar-refractivity contribution in [3.8, 4) is 11.3 Å². The van der Waals surface area contributed by atoms with Crippen molar-refractivity contribution in [2.75, 3.05) is 18.4 Å². The van der Waals surface area contributed by atoms with Gasteiger partial charge in [0.05, 0.1) is 16.6 Å². The molecule has 0 unspecified atom stereocenters. The monoisotopic (exact) mass is 301 g/mol. The number of carbonyl (C=O) groups excluding carboxylic acids is 1. The maximum absolute atomic E-state index is 12.3. The molecule has 110 valence electrons. The molecular weight excluding hydrogens is 282 g/mol. The molecule has 1 aliphatic heterocycles. The second-order valence-electron chi connectivity index (χ2n) is 5.37. The quantitative estimate of drug-likeness (QED) is 0.916. The van der Waals surface area contributed by atoms with Crippen LogP contribution in [0.25, 0.3) is 11.3 Å². The van der Waals surface area contributed by atoms with Gasteiger partial charge in [-0.25, -0.2) is 4.98 Å². The first-order valence-electron chi connectivity index (χ1n) is 7.26. The SMILES string of the molecule is Cc1nc(-c2cccc(NC(=O)[C@@H]3CCCNC3)c2)cs1. The predicted molar refractivity (Wildman–Crippen MR) is 86.5 cm³/mol. The van der Waals surface area contributed by atoms with Crippen molar-refractivity contribution in [1.29, 1.82) is 0 Å². The number of carbonyl (C=O) groups is 1. The molecule has 1 aromatic carbocycles. The molecule has 2 heterocycles. The maximum atomic E-state index is 12.3. The Hall–Kier alpha value is -1.72. The normalized spacial score (nSPS) is 18.4. The van der Waals surface area contributed by atoms with Crippen LogP contribution in [0.4, 0.5) is 5.69 Å². The van der Waals surface area contributed by atoms with Crippen LogP contribution < -0.4 is 10.6 Å². The van der Waals surface area contributed by atoms with E-state index in [2.05, 4.69) is 15.6 Å². The van der Waals surface area contributed by atoms with E-state index in [9.17, 15) is 4.79 Å². The van der Waals surface area contributed by atoms with E-state index in [0.29, 0.717) is 0 Å². The molecule has 2 N–H and O–H groups in total. The first kappa shape index (κ1) is 14.2. The highest BCUT2D eigenvalue weighted by molar-refractivity contribution is 7.09. The highest BCUT2D eigenvalue weighted by Crippen LogP contribution is 2.24. The summed E-state index contributed by atoms with van der Waals surface area (Å²) in [5, 5.41) is 9.39. The molecule has 1 aliphatic rings. The van der Waals surface area contributed by atoms with Crippen molar-refractivity contribution >= 4 is 22.9 Å². The molecule has 3 rings (SSSR count). The molecule has 1 saturated heterocycles. The summed E-state index contributed by atoms with van der Waals surface area (Å²) in [4.78, 5) is 16.7. The molecule has 0 aliphatic carbocycles. The van der Waals surface area contributed by atoms with Crippen molar-refractivity contribution in [2.45, 2.75) is 19.8 Å². The average molecular weight is 301 g/mol. The van der Waals surface area contributed by atoms with Gasteiger partial charge in [-0.2, -0.15) is 0 Å². The van der Waals surface area contributed by atoms with E-state index in [-0.39, 0.29) is 11.8 Å². The minimum atomic E-state index is 0.0731. The molecule has 2 aromatic rings. The summed E-state index contributed by atoms with van der Waals surface area (Å²) in [5.74, 6) is 0.178. The van der Waals surface area contributed by atoms with Gasteiger partial charge >= 0.3 is 0 Å². The minimum absolute atomic E-state index is 0.0731. The summed E-state index contributed by atoms with van der Waals surface area (Å²) in [6, 6.07) is 7.89. The molecule has 4 nitrogen and oxygen atoms in total. The van der Waals surface area contributed by atoms with Gasteiger partial charge in [0.15, 0.2) is 0 Å². The van der Waals surface area contributed by atoms with Crippen molar-refractivity contribution in [3.05, 3.63) is 34.7 Å². The fourth-order valence-corrected chi connectivity index (χ4v) is 3.19. The number of aromatic nitrogens is 1. The van der Waals surface area contributed by atoms with Gasteiger partial charge in [0.1, 0.15) is 0 Å². The van der Waals surface area contributed by atoms with Crippen LogP contribution in [0.5, 0.6) is 0 Å². The molecule has 1 fully saturated rings. The van der Waals surface area contributed by atoms with Gasteiger partial charge in [-0.1, -0.05) is 12.1 Å². The number of amides is 1. The zero-order valence-electron chi connectivity index (χ0n) is 12.1. The van der Waals surface area contributed by atoms with E-state index in [1.165, 1.54) is 0 Å². The lowest BCUT2D eigenvalue weighted by atomic mass is 9.98. The summed E-state index contributed by atoms with van der Waals surface area (Å²) in [6.07, 6.45) is 2.03. The number of benzene rings is 1. The number of nitrogens with zero attached hydrogens (tertiary/aromatic N) is 1. The zero-order valence-corrected chi connectivity index (χ0v) is 12.9.